The first-order valence-electron chi connectivity index (χ1n) is 8.56. The van der Waals surface area contributed by atoms with E-state index in [-0.39, 0.29) is 18.2 Å². The largest absolute Gasteiger partial charge is 0.480 e. The Balaban J connectivity index is 0.000000508. The highest BCUT2D eigenvalue weighted by atomic mass is 16.7. The van der Waals surface area contributed by atoms with Crippen LogP contribution in [0.25, 0.3) is 0 Å². The van der Waals surface area contributed by atoms with Crippen LogP contribution in [0.1, 0.15) is 32.8 Å². The van der Waals surface area contributed by atoms with Crippen molar-refractivity contribution >= 4 is 11.9 Å². The minimum atomic E-state index is -1.02. The second kappa shape index (κ2) is 13.3. The first kappa shape index (κ1) is 24.0. The summed E-state index contributed by atoms with van der Waals surface area (Å²) in [7, 11) is 3.21. The molecule has 7 heteroatoms. The number of hydrogen-bond donors (Lipinski definition) is 3. The van der Waals surface area contributed by atoms with Crippen LogP contribution in [0.5, 0.6) is 0 Å². The second-order valence-electron chi connectivity index (χ2n) is 6.41. The van der Waals surface area contributed by atoms with Gasteiger partial charge < -0.3 is 25.6 Å². The zero-order valence-corrected chi connectivity index (χ0v) is 16.3. The Kier molecular flexibility index (Phi) is 12.3. The fourth-order valence-corrected chi connectivity index (χ4v) is 2.40. The van der Waals surface area contributed by atoms with Crippen LogP contribution in [0.2, 0.25) is 0 Å². The third-order valence-electron chi connectivity index (χ3n) is 3.52. The third kappa shape index (κ3) is 10.8. The van der Waals surface area contributed by atoms with Gasteiger partial charge in [0.1, 0.15) is 6.04 Å². The van der Waals surface area contributed by atoms with Crippen LogP contribution in [0.3, 0.4) is 0 Å². The van der Waals surface area contributed by atoms with Gasteiger partial charge >= 0.3 is 5.97 Å². The van der Waals surface area contributed by atoms with E-state index in [0.717, 1.165) is 12.0 Å². The number of ether oxygens (including phenoxy) is 2. The summed E-state index contributed by atoms with van der Waals surface area (Å²) in [4.78, 5) is 21.6. The molecule has 0 radical (unpaired) electrons. The molecule has 0 aromatic heterocycles. The van der Waals surface area contributed by atoms with Crippen LogP contribution >= 0.6 is 0 Å². The van der Waals surface area contributed by atoms with Gasteiger partial charge in [-0.1, -0.05) is 44.2 Å². The molecule has 0 bridgehead atoms. The molecule has 7 nitrogen and oxygen atoms in total. The highest BCUT2D eigenvalue weighted by molar-refractivity contribution is 5.82. The smallest absolute Gasteiger partial charge is 0.326 e. The maximum Gasteiger partial charge on any atom is 0.326 e. The average molecular weight is 368 g/mol. The summed E-state index contributed by atoms with van der Waals surface area (Å²) in [5, 5.41) is 11.3. The number of hydrogen-bond acceptors (Lipinski definition) is 5. The van der Waals surface area contributed by atoms with Crippen molar-refractivity contribution < 1.29 is 24.2 Å². The van der Waals surface area contributed by atoms with Gasteiger partial charge in [-0.05, 0) is 17.9 Å². The lowest BCUT2D eigenvalue weighted by Crippen LogP contribution is -2.41. The molecule has 1 aromatic carbocycles. The standard InChI is InChI=1S/C11H13NO3.C8H19NO2/c1-8(13)12-10(11(14)15)7-9-5-3-2-4-6-9;1-6(2)5-7(9)8(10-3)11-4/h2-6,10H,7H2,1H3,(H,12,13)(H,14,15);6-8H,5,9H2,1-4H3/t;7-/m.0/s1. The summed E-state index contributed by atoms with van der Waals surface area (Å²) >= 11 is 0. The third-order valence-corrected chi connectivity index (χ3v) is 3.52. The highest BCUT2D eigenvalue weighted by Gasteiger charge is 2.18. The molecule has 26 heavy (non-hydrogen) atoms. The van der Waals surface area contributed by atoms with Crippen LogP contribution < -0.4 is 11.1 Å². The highest BCUT2D eigenvalue weighted by Crippen LogP contribution is 2.08. The van der Waals surface area contributed by atoms with E-state index in [2.05, 4.69) is 19.2 Å². The summed E-state index contributed by atoms with van der Waals surface area (Å²) in [5.74, 6) is -0.773. The Morgan fingerprint density at radius 1 is 1.15 bits per heavy atom. The lowest BCUT2D eigenvalue weighted by molar-refractivity contribution is -0.141. The molecule has 0 saturated heterocycles. The first-order valence-corrected chi connectivity index (χ1v) is 8.56. The SMILES string of the molecule is CC(=O)NC(Cc1ccccc1)C(=O)O.COC(OC)[C@@H](N)CC(C)C. The number of rotatable bonds is 9. The number of benzene rings is 1. The summed E-state index contributed by atoms with van der Waals surface area (Å²) in [6, 6.07) is 8.31. The van der Waals surface area contributed by atoms with E-state index >= 15 is 0 Å². The predicted octanol–water partition coefficient (Wildman–Crippen LogP) is 1.80. The molecule has 0 aliphatic carbocycles. The molecule has 0 aliphatic heterocycles. The van der Waals surface area contributed by atoms with Gasteiger partial charge in [-0.25, -0.2) is 4.79 Å². The molecule has 2 atom stereocenters. The number of aliphatic carboxylic acids is 1. The summed E-state index contributed by atoms with van der Waals surface area (Å²) < 4.78 is 10.0. The van der Waals surface area contributed by atoms with E-state index in [1.54, 1.807) is 14.2 Å². The van der Waals surface area contributed by atoms with Crippen molar-refractivity contribution in [3.63, 3.8) is 0 Å². The minimum Gasteiger partial charge on any atom is -0.480 e. The molecule has 1 unspecified atom stereocenters. The van der Waals surface area contributed by atoms with Crippen LogP contribution in [0, 0.1) is 5.92 Å². The van der Waals surface area contributed by atoms with Gasteiger partial charge in [0, 0.05) is 27.6 Å². The van der Waals surface area contributed by atoms with Gasteiger partial charge in [0.15, 0.2) is 6.29 Å². The van der Waals surface area contributed by atoms with Crippen molar-refractivity contribution in [2.75, 3.05) is 14.2 Å². The maximum absolute atomic E-state index is 10.8. The van der Waals surface area contributed by atoms with Crippen molar-refractivity contribution in [3.05, 3.63) is 35.9 Å². The van der Waals surface area contributed by atoms with E-state index in [1.807, 2.05) is 30.3 Å². The topological polar surface area (TPSA) is 111 Å². The average Bonchev–Trinajstić information content (AvgIpc) is 2.56. The van der Waals surface area contributed by atoms with Gasteiger partial charge in [0.2, 0.25) is 5.91 Å². The molecule has 0 fully saturated rings. The fraction of sp³-hybridized carbons (Fsp3) is 0.579. The molecule has 0 saturated carbocycles. The molecule has 0 spiro atoms. The number of nitrogens with one attached hydrogen (secondary N) is 1. The molecule has 1 amide bonds. The lowest BCUT2D eigenvalue weighted by Gasteiger charge is -2.22. The Morgan fingerprint density at radius 3 is 2.08 bits per heavy atom. The van der Waals surface area contributed by atoms with Crippen molar-refractivity contribution in [2.45, 2.75) is 52.0 Å². The molecule has 0 heterocycles. The summed E-state index contributed by atoms with van der Waals surface area (Å²) in [5.41, 5.74) is 6.68. The van der Waals surface area contributed by atoms with Crippen molar-refractivity contribution in [3.8, 4) is 0 Å². The quantitative estimate of drug-likeness (QED) is 0.573. The van der Waals surface area contributed by atoms with Gasteiger partial charge in [0.05, 0.1) is 6.04 Å². The minimum absolute atomic E-state index is 0.0231. The zero-order chi connectivity index (χ0) is 20.1. The second-order valence-corrected chi connectivity index (χ2v) is 6.41. The molecule has 4 N–H and O–H groups in total. The molecule has 1 rings (SSSR count). The van der Waals surface area contributed by atoms with Crippen molar-refractivity contribution in [1.29, 1.82) is 0 Å². The number of nitrogens with two attached hydrogens (primary N) is 1. The monoisotopic (exact) mass is 368 g/mol. The van der Waals surface area contributed by atoms with Gasteiger partial charge in [-0.15, -0.1) is 0 Å². The number of amides is 1. The van der Waals surface area contributed by atoms with E-state index in [1.165, 1.54) is 6.92 Å². The molecular weight excluding hydrogens is 336 g/mol. The van der Waals surface area contributed by atoms with Crippen LogP contribution in [0.15, 0.2) is 30.3 Å². The zero-order valence-electron chi connectivity index (χ0n) is 16.3. The maximum atomic E-state index is 10.8. The summed E-state index contributed by atoms with van der Waals surface area (Å²) in [6.45, 7) is 5.56. The van der Waals surface area contributed by atoms with Gasteiger partial charge in [-0.3, -0.25) is 4.79 Å². The van der Waals surface area contributed by atoms with Gasteiger partial charge in [0.25, 0.3) is 0 Å². The predicted molar refractivity (Wildman–Crippen MR) is 101 cm³/mol. The van der Waals surface area contributed by atoms with Crippen molar-refractivity contribution in [1.82, 2.24) is 5.32 Å². The van der Waals surface area contributed by atoms with Gasteiger partial charge in [-0.2, -0.15) is 0 Å². The Bertz CT molecular complexity index is 518. The number of carbonyl (C=O) groups excluding carboxylic acids is 1. The van der Waals surface area contributed by atoms with Crippen LogP contribution in [0.4, 0.5) is 0 Å². The van der Waals surface area contributed by atoms with E-state index < -0.39 is 12.0 Å². The molecule has 0 aliphatic rings. The molecule has 148 valence electrons. The Morgan fingerprint density at radius 2 is 1.69 bits per heavy atom. The van der Waals surface area contributed by atoms with Crippen LogP contribution in [-0.2, 0) is 25.5 Å². The Hall–Kier alpha value is -1.96. The van der Waals surface area contributed by atoms with Crippen molar-refractivity contribution in [2.24, 2.45) is 11.7 Å². The molecular formula is C19H32N2O5. The number of carboxylic acid groups (broad SMARTS) is 1. The Labute approximate surface area is 155 Å². The molecule has 1 aromatic rings. The van der Waals surface area contributed by atoms with E-state index in [0.29, 0.717) is 12.3 Å². The lowest BCUT2D eigenvalue weighted by atomic mass is 10.0. The normalized spacial score (nSPS) is 12.9. The first-order chi connectivity index (χ1) is 12.2. The van der Waals surface area contributed by atoms with E-state index in [9.17, 15) is 9.59 Å². The number of methoxy groups -OCH3 is 2. The van der Waals surface area contributed by atoms with E-state index in [4.69, 9.17) is 20.3 Å². The number of carboxylic acids is 1. The fourth-order valence-electron chi connectivity index (χ4n) is 2.40. The van der Waals surface area contributed by atoms with Crippen LogP contribution in [-0.4, -0.2) is 49.6 Å². The summed E-state index contributed by atoms with van der Waals surface area (Å²) in [6.07, 6.45) is 0.958. The number of carbonyl (C=O) groups is 2.